The third-order valence-corrected chi connectivity index (χ3v) is 5.36. The van der Waals surface area contributed by atoms with Crippen LogP contribution in [0.1, 0.15) is 30.7 Å². The highest BCUT2D eigenvalue weighted by Crippen LogP contribution is 2.41. The first-order valence-corrected chi connectivity index (χ1v) is 9.32. The van der Waals surface area contributed by atoms with Crippen LogP contribution in [0.15, 0.2) is 16.5 Å². The minimum absolute atomic E-state index is 0.209. The number of ether oxygens (including phenoxy) is 3. The molecule has 1 aromatic heterocycles. The third kappa shape index (κ3) is 3.41. The van der Waals surface area contributed by atoms with E-state index >= 15 is 0 Å². The van der Waals surface area contributed by atoms with E-state index in [0.29, 0.717) is 28.5 Å². The van der Waals surface area contributed by atoms with Crippen LogP contribution >= 0.6 is 11.6 Å². The molecule has 3 heterocycles. The normalized spacial score (nSPS) is 19.9. The van der Waals surface area contributed by atoms with Crippen LogP contribution in [0.4, 0.5) is 0 Å². The number of hydrogen-bond donors (Lipinski definition) is 0. The molecule has 2 aliphatic rings. The predicted molar refractivity (Wildman–Crippen MR) is 97.7 cm³/mol. The van der Waals surface area contributed by atoms with E-state index < -0.39 is 0 Å². The van der Waals surface area contributed by atoms with Crippen LogP contribution in [0.5, 0.6) is 11.5 Å². The van der Waals surface area contributed by atoms with Crippen LogP contribution in [0.25, 0.3) is 11.5 Å². The topological polar surface area (TPSA) is 57.0 Å². The van der Waals surface area contributed by atoms with Gasteiger partial charge in [-0.1, -0.05) is 18.0 Å². The van der Waals surface area contributed by atoms with Gasteiger partial charge in [0, 0.05) is 25.8 Å². The Bertz CT molecular complexity index is 790. The SMILES string of the molecule is COCC1CCCCN1Cc1nc(-c2cc3c(cc2Cl)OCO3)oc1C. The maximum absolute atomic E-state index is 6.40. The van der Waals surface area contributed by atoms with Gasteiger partial charge in [0.1, 0.15) is 5.76 Å². The number of fused-ring (bicyclic) bond motifs is 1. The molecule has 4 rings (SSSR count). The van der Waals surface area contributed by atoms with E-state index in [0.717, 1.165) is 43.1 Å². The fourth-order valence-electron chi connectivity index (χ4n) is 3.61. The summed E-state index contributed by atoms with van der Waals surface area (Å²) in [6, 6.07) is 4.01. The molecule has 0 N–H and O–H groups in total. The van der Waals surface area contributed by atoms with Crippen molar-refractivity contribution in [3.8, 4) is 23.0 Å². The van der Waals surface area contributed by atoms with Crippen LogP contribution in [-0.2, 0) is 11.3 Å². The molecule has 1 aromatic carbocycles. The Morgan fingerprint density at radius 2 is 2.08 bits per heavy atom. The lowest BCUT2D eigenvalue weighted by molar-refractivity contribution is 0.0590. The zero-order chi connectivity index (χ0) is 18.1. The highest BCUT2D eigenvalue weighted by molar-refractivity contribution is 6.33. The molecule has 6 nitrogen and oxygen atoms in total. The first-order valence-electron chi connectivity index (χ1n) is 8.94. The molecule has 1 saturated heterocycles. The second-order valence-electron chi connectivity index (χ2n) is 6.78. The van der Waals surface area contributed by atoms with Gasteiger partial charge in [-0.3, -0.25) is 4.90 Å². The second-order valence-corrected chi connectivity index (χ2v) is 7.19. The summed E-state index contributed by atoms with van der Waals surface area (Å²) < 4.78 is 22.1. The minimum Gasteiger partial charge on any atom is -0.454 e. The fourth-order valence-corrected chi connectivity index (χ4v) is 3.85. The van der Waals surface area contributed by atoms with E-state index in [4.69, 9.17) is 35.2 Å². The number of halogens is 1. The first kappa shape index (κ1) is 17.6. The molecule has 7 heteroatoms. The second kappa shape index (κ2) is 7.47. The zero-order valence-electron chi connectivity index (χ0n) is 15.1. The molecule has 0 radical (unpaired) electrons. The van der Waals surface area contributed by atoms with E-state index in [1.54, 1.807) is 13.2 Å². The Labute approximate surface area is 158 Å². The Kier molecular flexibility index (Phi) is 5.07. The molecule has 26 heavy (non-hydrogen) atoms. The van der Waals surface area contributed by atoms with Crippen molar-refractivity contribution in [2.24, 2.45) is 0 Å². The van der Waals surface area contributed by atoms with Gasteiger partial charge in [0.15, 0.2) is 11.5 Å². The minimum atomic E-state index is 0.209. The summed E-state index contributed by atoms with van der Waals surface area (Å²) >= 11 is 6.40. The van der Waals surface area contributed by atoms with Gasteiger partial charge in [0.05, 0.1) is 22.9 Å². The fraction of sp³-hybridized carbons (Fsp3) is 0.526. The number of likely N-dealkylation sites (tertiary alicyclic amines) is 1. The molecule has 140 valence electrons. The molecule has 1 fully saturated rings. The van der Waals surface area contributed by atoms with Crippen LogP contribution in [0.3, 0.4) is 0 Å². The average molecular weight is 379 g/mol. The van der Waals surface area contributed by atoms with Crippen molar-refractivity contribution in [1.29, 1.82) is 0 Å². The van der Waals surface area contributed by atoms with Crippen LogP contribution in [-0.4, -0.2) is 43.0 Å². The van der Waals surface area contributed by atoms with Crippen LogP contribution < -0.4 is 9.47 Å². The zero-order valence-corrected chi connectivity index (χ0v) is 15.8. The van der Waals surface area contributed by atoms with Gasteiger partial charge < -0.3 is 18.6 Å². The number of benzene rings is 1. The predicted octanol–water partition coefficient (Wildman–Crippen LogP) is 4.03. The summed E-state index contributed by atoms with van der Waals surface area (Å²) in [5, 5.41) is 0.539. The number of aryl methyl sites for hydroxylation is 1. The number of hydrogen-bond acceptors (Lipinski definition) is 6. The van der Waals surface area contributed by atoms with Crippen molar-refractivity contribution < 1.29 is 18.6 Å². The van der Waals surface area contributed by atoms with Crippen molar-refractivity contribution in [3.63, 3.8) is 0 Å². The number of nitrogens with zero attached hydrogens (tertiary/aromatic N) is 2. The van der Waals surface area contributed by atoms with Crippen LogP contribution in [0, 0.1) is 6.92 Å². The Morgan fingerprint density at radius 3 is 2.88 bits per heavy atom. The summed E-state index contributed by atoms with van der Waals surface area (Å²) in [5.41, 5.74) is 1.66. The van der Waals surface area contributed by atoms with Crippen molar-refractivity contribution in [2.75, 3.05) is 27.1 Å². The van der Waals surface area contributed by atoms with E-state index in [9.17, 15) is 0 Å². The number of aromatic nitrogens is 1. The number of piperidine rings is 1. The quantitative estimate of drug-likeness (QED) is 0.782. The number of rotatable bonds is 5. The Hall–Kier alpha value is -1.76. The molecular formula is C19H23ClN2O4. The smallest absolute Gasteiger partial charge is 0.231 e. The highest BCUT2D eigenvalue weighted by atomic mass is 35.5. The summed E-state index contributed by atoms with van der Waals surface area (Å²) in [6.07, 6.45) is 3.62. The van der Waals surface area contributed by atoms with Gasteiger partial charge in [0.2, 0.25) is 12.7 Å². The van der Waals surface area contributed by atoms with Gasteiger partial charge in [0.25, 0.3) is 0 Å². The van der Waals surface area contributed by atoms with Gasteiger partial charge in [-0.05, 0) is 32.4 Å². The molecule has 0 spiro atoms. The van der Waals surface area contributed by atoms with Crippen molar-refractivity contribution in [2.45, 2.75) is 38.8 Å². The van der Waals surface area contributed by atoms with Crippen molar-refractivity contribution in [3.05, 3.63) is 28.6 Å². The summed E-state index contributed by atoms with van der Waals surface area (Å²) in [4.78, 5) is 7.16. The molecule has 2 aliphatic heterocycles. The van der Waals surface area contributed by atoms with Crippen molar-refractivity contribution >= 4 is 11.6 Å². The van der Waals surface area contributed by atoms with E-state index in [-0.39, 0.29) is 6.79 Å². The van der Waals surface area contributed by atoms with E-state index in [2.05, 4.69) is 4.90 Å². The number of oxazole rings is 1. The van der Waals surface area contributed by atoms with Gasteiger partial charge >= 0.3 is 0 Å². The molecule has 2 aromatic rings. The molecule has 0 aliphatic carbocycles. The third-order valence-electron chi connectivity index (χ3n) is 5.05. The maximum Gasteiger partial charge on any atom is 0.231 e. The number of methoxy groups -OCH3 is 1. The van der Waals surface area contributed by atoms with Crippen LogP contribution in [0.2, 0.25) is 5.02 Å². The lowest BCUT2D eigenvalue weighted by Crippen LogP contribution is -2.41. The van der Waals surface area contributed by atoms with E-state index in [1.165, 1.54) is 12.8 Å². The molecular weight excluding hydrogens is 356 g/mol. The molecule has 0 bridgehead atoms. The van der Waals surface area contributed by atoms with Gasteiger partial charge in [-0.25, -0.2) is 4.98 Å². The molecule has 1 atom stereocenters. The van der Waals surface area contributed by atoms with Gasteiger partial charge in [-0.2, -0.15) is 0 Å². The monoisotopic (exact) mass is 378 g/mol. The summed E-state index contributed by atoms with van der Waals surface area (Å²) in [5.74, 6) is 2.65. The first-order chi connectivity index (χ1) is 12.7. The highest BCUT2D eigenvalue weighted by Gasteiger charge is 2.26. The average Bonchev–Trinajstić information content (AvgIpc) is 3.22. The summed E-state index contributed by atoms with van der Waals surface area (Å²) in [7, 11) is 1.76. The maximum atomic E-state index is 6.40. The summed E-state index contributed by atoms with van der Waals surface area (Å²) in [6.45, 7) is 4.71. The van der Waals surface area contributed by atoms with Crippen molar-refractivity contribution in [1.82, 2.24) is 9.88 Å². The molecule has 0 amide bonds. The Morgan fingerprint density at radius 1 is 1.27 bits per heavy atom. The molecule has 1 unspecified atom stereocenters. The van der Waals surface area contributed by atoms with E-state index in [1.807, 2.05) is 13.0 Å². The largest absolute Gasteiger partial charge is 0.454 e. The lowest BCUT2D eigenvalue weighted by atomic mass is 10.0. The van der Waals surface area contributed by atoms with Gasteiger partial charge in [-0.15, -0.1) is 0 Å². The lowest BCUT2D eigenvalue weighted by Gasteiger charge is -2.34. The molecule has 0 saturated carbocycles. The Balaban J connectivity index is 1.58. The standard InChI is InChI=1S/C19H23ClN2O4/c1-12-16(9-22-6-4-3-5-13(22)10-23-2)21-19(26-12)14-7-17-18(8-15(14)20)25-11-24-17/h7-8,13H,3-6,9-11H2,1-2H3.